The van der Waals surface area contributed by atoms with Crippen molar-refractivity contribution in [2.24, 2.45) is 0 Å². The average molecular weight is 234 g/mol. The molecule has 0 spiro atoms. The van der Waals surface area contributed by atoms with Crippen LogP contribution in [0.4, 0.5) is 0 Å². The third-order valence-electron chi connectivity index (χ3n) is 2.84. The summed E-state index contributed by atoms with van der Waals surface area (Å²) in [7, 11) is 0. The quantitative estimate of drug-likeness (QED) is 0.722. The van der Waals surface area contributed by atoms with E-state index in [9.17, 15) is 0 Å². The summed E-state index contributed by atoms with van der Waals surface area (Å²) < 4.78 is 0. The Morgan fingerprint density at radius 1 is 1.31 bits per heavy atom. The van der Waals surface area contributed by atoms with Gasteiger partial charge in [-0.2, -0.15) is 0 Å². The molecule has 1 unspecified atom stereocenters. The number of nitrogens with zero attached hydrogens (tertiary/aromatic N) is 1. The third kappa shape index (κ3) is 2.73. The Labute approximate surface area is 101 Å². The van der Waals surface area contributed by atoms with Gasteiger partial charge < -0.3 is 0 Å². The molecule has 0 fully saturated rings. The number of aryl methyl sites for hydroxylation is 1. The van der Waals surface area contributed by atoms with Crippen molar-refractivity contribution in [1.29, 1.82) is 0 Å². The Morgan fingerprint density at radius 2 is 2.12 bits per heavy atom. The minimum atomic E-state index is 0.284. The Bertz CT molecular complexity index is 467. The lowest BCUT2D eigenvalue weighted by Crippen LogP contribution is -1.98. The average Bonchev–Trinajstić information content (AvgIpc) is 2.35. The molecule has 0 amide bonds. The van der Waals surface area contributed by atoms with Crippen LogP contribution >= 0.6 is 11.6 Å². The predicted octanol–water partition coefficient (Wildman–Crippen LogP) is 4.18. The first-order valence-electron chi connectivity index (χ1n) is 5.77. The second kappa shape index (κ2) is 5.31. The van der Waals surface area contributed by atoms with Gasteiger partial charge in [0.2, 0.25) is 0 Å². The second-order valence-corrected chi connectivity index (χ2v) is 4.70. The Morgan fingerprint density at radius 3 is 2.94 bits per heavy atom. The minimum absolute atomic E-state index is 0.284. The number of benzene rings is 1. The van der Waals surface area contributed by atoms with E-state index in [1.165, 1.54) is 10.9 Å². The number of hydrogen-bond acceptors (Lipinski definition) is 1. The van der Waals surface area contributed by atoms with Gasteiger partial charge in [0.25, 0.3) is 0 Å². The van der Waals surface area contributed by atoms with Crippen molar-refractivity contribution < 1.29 is 0 Å². The lowest BCUT2D eigenvalue weighted by Gasteiger charge is -2.06. The molecule has 1 aromatic carbocycles. The number of fused-ring (bicyclic) bond motifs is 1. The highest BCUT2D eigenvalue weighted by atomic mass is 35.5. The fourth-order valence-electron chi connectivity index (χ4n) is 1.78. The second-order valence-electron chi connectivity index (χ2n) is 4.08. The van der Waals surface area contributed by atoms with Crippen LogP contribution in [0.2, 0.25) is 0 Å². The number of rotatable bonds is 4. The fourth-order valence-corrected chi connectivity index (χ4v) is 1.89. The summed E-state index contributed by atoms with van der Waals surface area (Å²) in [5.74, 6) is 0. The van der Waals surface area contributed by atoms with Gasteiger partial charge in [0.15, 0.2) is 0 Å². The smallest absolute Gasteiger partial charge is 0.0702 e. The monoisotopic (exact) mass is 233 g/mol. The minimum Gasteiger partial charge on any atom is -0.256 e. The van der Waals surface area contributed by atoms with Crippen LogP contribution in [0.3, 0.4) is 0 Å². The maximum Gasteiger partial charge on any atom is 0.0702 e. The van der Waals surface area contributed by atoms with E-state index < -0.39 is 0 Å². The van der Waals surface area contributed by atoms with Gasteiger partial charge in [-0.15, -0.1) is 11.6 Å². The first-order valence-corrected chi connectivity index (χ1v) is 6.21. The summed E-state index contributed by atoms with van der Waals surface area (Å²) >= 11 is 6.11. The van der Waals surface area contributed by atoms with Crippen molar-refractivity contribution in [3.63, 3.8) is 0 Å². The van der Waals surface area contributed by atoms with Crippen LogP contribution in [-0.2, 0) is 6.42 Å². The summed E-state index contributed by atoms with van der Waals surface area (Å²) in [5.41, 5.74) is 2.34. The van der Waals surface area contributed by atoms with Gasteiger partial charge in [0.05, 0.1) is 5.52 Å². The standard InChI is InChI=1S/C14H16ClN/c1-2-13(15)8-7-11-9-12-5-3-4-6-14(12)16-10-11/h3-6,9-10,13H,2,7-8H2,1H3. The summed E-state index contributed by atoms with van der Waals surface area (Å²) in [6.07, 6.45) is 5.03. The molecule has 1 atom stereocenters. The highest BCUT2D eigenvalue weighted by Gasteiger charge is 2.03. The number of alkyl halides is 1. The lowest BCUT2D eigenvalue weighted by molar-refractivity contribution is 0.726. The molecular formula is C14H16ClN. The number of pyridine rings is 1. The molecule has 2 aromatic rings. The number of aromatic nitrogens is 1. The van der Waals surface area contributed by atoms with Gasteiger partial charge in [0.1, 0.15) is 0 Å². The molecule has 0 aliphatic heterocycles. The van der Waals surface area contributed by atoms with Gasteiger partial charge >= 0.3 is 0 Å². The predicted molar refractivity (Wildman–Crippen MR) is 70.0 cm³/mol. The molecule has 0 radical (unpaired) electrons. The summed E-state index contributed by atoms with van der Waals surface area (Å²) in [4.78, 5) is 4.44. The maximum atomic E-state index is 6.11. The third-order valence-corrected chi connectivity index (χ3v) is 3.36. The fraction of sp³-hybridized carbons (Fsp3) is 0.357. The molecule has 2 heteroatoms. The highest BCUT2D eigenvalue weighted by Crippen LogP contribution is 2.16. The molecule has 0 aliphatic carbocycles. The molecule has 0 saturated heterocycles. The van der Waals surface area contributed by atoms with Crippen molar-refractivity contribution in [2.45, 2.75) is 31.6 Å². The molecule has 1 nitrogen and oxygen atoms in total. The summed E-state index contributed by atoms with van der Waals surface area (Å²) in [6.45, 7) is 2.12. The van der Waals surface area contributed by atoms with Crippen LogP contribution in [-0.4, -0.2) is 10.4 Å². The van der Waals surface area contributed by atoms with E-state index in [0.29, 0.717) is 0 Å². The zero-order valence-electron chi connectivity index (χ0n) is 9.49. The van der Waals surface area contributed by atoms with E-state index in [0.717, 1.165) is 24.8 Å². The van der Waals surface area contributed by atoms with Crippen molar-refractivity contribution in [3.8, 4) is 0 Å². The van der Waals surface area contributed by atoms with Gasteiger partial charge in [-0.1, -0.05) is 25.1 Å². The van der Waals surface area contributed by atoms with Crippen LogP contribution in [0.5, 0.6) is 0 Å². The van der Waals surface area contributed by atoms with Gasteiger partial charge in [0, 0.05) is 17.0 Å². The Balaban J connectivity index is 2.13. The van der Waals surface area contributed by atoms with Crippen molar-refractivity contribution in [1.82, 2.24) is 4.98 Å². The Hall–Kier alpha value is -1.08. The topological polar surface area (TPSA) is 12.9 Å². The number of para-hydroxylation sites is 1. The van der Waals surface area contributed by atoms with Crippen LogP contribution in [0.1, 0.15) is 25.3 Å². The number of halogens is 1. The first-order chi connectivity index (χ1) is 7.79. The summed E-state index contributed by atoms with van der Waals surface area (Å²) in [6, 6.07) is 10.4. The summed E-state index contributed by atoms with van der Waals surface area (Å²) in [5, 5.41) is 1.49. The van der Waals surface area contributed by atoms with E-state index in [1.54, 1.807) is 0 Å². The van der Waals surface area contributed by atoms with Gasteiger partial charge in [-0.3, -0.25) is 4.98 Å². The zero-order chi connectivity index (χ0) is 11.4. The van der Waals surface area contributed by atoms with Gasteiger partial charge in [-0.05, 0) is 37.0 Å². The van der Waals surface area contributed by atoms with Crippen molar-refractivity contribution in [2.75, 3.05) is 0 Å². The van der Waals surface area contributed by atoms with E-state index in [1.807, 2.05) is 24.4 Å². The van der Waals surface area contributed by atoms with Crippen LogP contribution < -0.4 is 0 Å². The van der Waals surface area contributed by atoms with Crippen LogP contribution in [0.15, 0.2) is 36.5 Å². The largest absolute Gasteiger partial charge is 0.256 e. The molecule has 2 rings (SSSR count). The Kier molecular flexibility index (Phi) is 3.79. The van der Waals surface area contributed by atoms with Crippen molar-refractivity contribution >= 4 is 22.5 Å². The molecule has 1 aromatic heterocycles. The van der Waals surface area contributed by atoms with Crippen LogP contribution in [0, 0.1) is 0 Å². The van der Waals surface area contributed by atoms with E-state index in [-0.39, 0.29) is 5.38 Å². The van der Waals surface area contributed by atoms with E-state index >= 15 is 0 Å². The van der Waals surface area contributed by atoms with E-state index in [2.05, 4.69) is 24.0 Å². The van der Waals surface area contributed by atoms with E-state index in [4.69, 9.17) is 11.6 Å². The van der Waals surface area contributed by atoms with Crippen LogP contribution in [0.25, 0.3) is 10.9 Å². The maximum absolute atomic E-state index is 6.11. The number of hydrogen-bond donors (Lipinski definition) is 0. The molecule has 16 heavy (non-hydrogen) atoms. The van der Waals surface area contributed by atoms with Gasteiger partial charge in [-0.25, -0.2) is 0 Å². The molecule has 84 valence electrons. The molecule has 0 bridgehead atoms. The molecule has 0 N–H and O–H groups in total. The normalized spacial score (nSPS) is 12.9. The lowest BCUT2D eigenvalue weighted by atomic mass is 10.1. The molecule has 0 saturated carbocycles. The molecule has 0 aliphatic rings. The molecule has 1 heterocycles. The highest BCUT2D eigenvalue weighted by molar-refractivity contribution is 6.20. The van der Waals surface area contributed by atoms with Crippen molar-refractivity contribution in [3.05, 3.63) is 42.1 Å². The zero-order valence-corrected chi connectivity index (χ0v) is 10.2. The SMILES string of the molecule is CCC(Cl)CCc1cnc2ccccc2c1. The first kappa shape index (κ1) is 11.4. The molecular weight excluding hydrogens is 218 g/mol.